The summed E-state index contributed by atoms with van der Waals surface area (Å²) in [6.07, 6.45) is 3.43. The quantitative estimate of drug-likeness (QED) is 0.762. The third-order valence-corrected chi connectivity index (χ3v) is 2.83. The first-order valence-electron chi connectivity index (χ1n) is 5.91. The number of esters is 1. The lowest BCUT2D eigenvalue weighted by Gasteiger charge is -2.11. The molecule has 0 atom stereocenters. The van der Waals surface area contributed by atoms with E-state index in [2.05, 4.69) is 14.9 Å². The van der Waals surface area contributed by atoms with E-state index in [1.807, 2.05) is 0 Å². The predicted molar refractivity (Wildman–Crippen MR) is 67.7 cm³/mol. The number of methoxy groups -OCH3 is 1. The number of H-pyrrole nitrogens is 1. The molecule has 0 fully saturated rings. The molecule has 0 saturated carbocycles. The molecule has 0 unspecified atom stereocenters. The molecule has 0 aliphatic carbocycles. The molecular weight excluding hydrogens is 266 g/mol. The van der Waals surface area contributed by atoms with Crippen LogP contribution in [0, 0.1) is 0 Å². The van der Waals surface area contributed by atoms with Crippen LogP contribution in [-0.4, -0.2) is 38.9 Å². The largest absolute Gasteiger partial charge is 0.481 e. The third kappa shape index (κ3) is 2.68. The van der Waals surface area contributed by atoms with Crippen molar-refractivity contribution in [1.82, 2.24) is 14.8 Å². The van der Waals surface area contributed by atoms with Crippen molar-refractivity contribution >= 4 is 11.9 Å². The number of nitrogens with zero attached hydrogens (tertiary/aromatic N) is 2. The number of aromatic amines is 1. The summed E-state index contributed by atoms with van der Waals surface area (Å²) in [5.74, 6) is -1.50. The van der Waals surface area contributed by atoms with Gasteiger partial charge < -0.3 is 14.4 Å². The van der Waals surface area contributed by atoms with Crippen molar-refractivity contribution in [3.63, 3.8) is 0 Å². The van der Waals surface area contributed by atoms with Crippen LogP contribution < -0.4 is 5.56 Å². The normalized spacial score (nSPS) is 10.7. The Bertz CT molecular complexity index is 672. The monoisotopic (exact) mass is 279 g/mol. The number of carboxylic acids is 1. The molecule has 2 aliphatic rings. The zero-order chi connectivity index (χ0) is 14.7. The number of pyridine rings is 1. The van der Waals surface area contributed by atoms with E-state index in [1.165, 1.54) is 19.5 Å². The molecule has 2 rings (SSSR count). The summed E-state index contributed by atoms with van der Waals surface area (Å²) < 4.78 is 6.24. The summed E-state index contributed by atoms with van der Waals surface area (Å²) in [7, 11) is 1.24. The minimum absolute atomic E-state index is 0.00815. The standard InChI is InChI=1S/C12H13N3O5/c1-20-12(19)8-6-15(4-2-3-9(16)17)5-7-10(8)13-14-11(7)18/h5-6H,2-4H2,1H3,(H,14,18)(H,16,17). The molecule has 106 valence electrons. The maximum atomic E-state index is 11.7. The second-order valence-corrected chi connectivity index (χ2v) is 4.21. The van der Waals surface area contributed by atoms with Crippen LogP contribution in [0.1, 0.15) is 23.2 Å². The van der Waals surface area contributed by atoms with Gasteiger partial charge >= 0.3 is 11.9 Å². The van der Waals surface area contributed by atoms with E-state index in [0.29, 0.717) is 13.0 Å². The van der Waals surface area contributed by atoms with Gasteiger partial charge in [-0.2, -0.15) is 5.10 Å². The average molecular weight is 279 g/mol. The average Bonchev–Trinajstić information content (AvgIpc) is 2.78. The van der Waals surface area contributed by atoms with Crippen LogP contribution in [0.3, 0.4) is 0 Å². The Kier molecular flexibility index (Phi) is 3.83. The van der Waals surface area contributed by atoms with Crippen molar-refractivity contribution in [2.24, 2.45) is 0 Å². The molecule has 0 radical (unpaired) electrons. The molecule has 2 aliphatic heterocycles. The third-order valence-electron chi connectivity index (χ3n) is 2.83. The number of carbonyl (C=O) groups excluding carboxylic acids is 1. The maximum Gasteiger partial charge on any atom is 0.341 e. The fourth-order valence-corrected chi connectivity index (χ4v) is 1.89. The smallest absolute Gasteiger partial charge is 0.341 e. The number of aryl methyl sites for hydroxylation is 1. The van der Waals surface area contributed by atoms with Crippen LogP contribution in [0.25, 0.3) is 11.3 Å². The molecule has 8 heteroatoms. The van der Waals surface area contributed by atoms with Crippen LogP contribution in [0.5, 0.6) is 0 Å². The van der Waals surface area contributed by atoms with E-state index in [9.17, 15) is 14.4 Å². The van der Waals surface area contributed by atoms with E-state index >= 15 is 0 Å². The van der Waals surface area contributed by atoms with Gasteiger partial charge in [-0.3, -0.25) is 9.59 Å². The Balaban J connectivity index is 2.37. The van der Waals surface area contributed by atoms with Gasteiger partial charge in [-0.1, -0.05) is 0 Å². The fourth-order valence-electron chi connectivity index (χ4n) is 1.89. The number of aromatic nitrogens is 3. The van der Waals surface area contributed by atoms with Crippen molar-refractivity contribution in [2.45, 2.75) is 19.4 Å². The predicted octanol–water partition coefficient (Wildman–Crippen LogP) is 0.328. The maximum absolute atomic E-state index is 11.7. The van der Waals surface area contributed by atoms with E-state index in [4.69, 9.17) is 5.11 Å². The molecule has 2 N–H and O–H groups in total. The van der Waals surface area contributed by atoms with Crippen molar-refractivity contribution in [3.8, 4) is 11.3 Å². The first kappa shape index (κ1) is 13.8. The van der Waals surface area contributed by atoms with Gasteiger partial charge in [-0.25, -0.2) is 9.89 Å². The Morgan fingerprint density at radius 3 is 2.85 bits per heavy atom. The number of hydrogen-bond acceptors (Lipinski definition) is 5. The Labute approximate surface area is 113 Å². The van der Waals surface area contributed by atoms with Crippen LogP contribution in [-0.2, 0) is 16.1 Å². The molecule has 2 heterocycles. The molecule has 0 bridgehead atoms. The number of nitrogens with one attached hydrogen (secondary N) is 1. The van der Waals surface area contributed by atoms with Gasteiger partial charge in [0.25, 0.3) is 5.56 Å². The van der Waals surface area contributed by atoms with E-state index < -0.39 is 17.5 Å². The molecule has 0 spiro atoms. The molecule has 20 heavy (non-hydrogen) atoms. The van der Waals surface area contributed by atoms with Gasteiger partial charge in [0.05, 0.1) is 12.7 Å². The van der Waals surface area contributed by atoms with Gasteiger partial charge in [0.2, 0.25) is 0 Å². The molecule has 8 nitrogen and oxygen atoms in total. The van der Waals surface area contributed by atoms with Gasteiger partial charge in [0, 0.05) is 25.4 Å². The highest BCUT2D eigenvalue weighted by Crippen LogP contribution is 2.20. The summed E-state index contributed by atoms with van der Waals surface area (Å²) in [6.45, 7) is 0.372. The van der Waals surface area contributed by atoms with Crippen LogP contribution in [0.15, 0.2) is 17.2 Å². The molecule has 0 saturated heterocycles. The highest BCUT2D eigenvalue weighted by atomic mass is 16.5. The highest BCUT2D eigenvalue weighted by molar-refractivity contribution is 5.95. The molecule has 0 aromatic carbocycles. The van der Waals surface area contributed by atoms with Gasteiger partial charge in [-0.05, 0) is 6.42 Å². The zero-order valence-corrected chi connectivity index (χ0v) is 10.8. The van der Waals surface area contributed by atoms with Crippen molar-refractivity contribution in [3.05, 3.63) is 28.3 Å². The lowest BCUT2D eigenvalue weighted by molar-refractivity contribution is -0.137. The second-order valence-electron chi connectivity index (χ2n) is 4.21. The van der Waals surface area contributed by atoms with Crippen molar-refractivity contribution < 1.29 is 19.4 Å². The number of fused-ring (bicyclic) bond motifs is 1. The fraction of sp³-hybridized carbons (Fsp3) is 0.333. The van der Waals surface area contributed by atoms with Gasteiger partial charge in [0.1, 0.15) is 11.3 Å². The summed E-state index contributed by atoms with van der Waals surface area (Å²) >= 11 is 0. The summed E-state index contributed by atoms with van der Waals surface area (Å²) in [5.41, 5.74) is 0.274. The second kappa shape index (κ2) is 5.55. The van der Waals surface area contributed by atoms with E-state index in [0.717, 1.165) is 0 Å². The number of rotatable bonds is 5. The van der Waals surface area contributed by atoms with Crippen LogP contribution in [0.4, 0.5) is 0 Å². The van der Waals surface area contributed by atoms with Gasteiger partial charge in [0.15, 0.2) is 0 Å². The van der Waals surface area contributed by atoms with Crippen molar-refractivity contribution in [2.75, 3.05) is 7.11 Å². The summed E-state index contributed by atoms with van der Waals surface area (Å²) in [5, 5.41) is 14.7. The SMILES string of the molecule is COC(=O)c1cn(CCCC(=O)O)cc2c(=O)[nH]nc1-2. The molecular formula is C12H13N3O5. The van der Waals surface area contributed by atoms with E-state index in [-0.39, 0.29) is 23.2 Å². The minimum atomic E-state index is -0.896. The highest BCUT2D eigenvalue weighted by Gasteiger charge is 2.21. The summed E-state index contributed by atoms with van der Waals surface area (Å²) in [4.78, 5) is 33.8. The van der Waals surface area contributed by atoms with Crippen LogP contribution >= 0.6 is 0 Å². The zero-order valence-electron chi connectivity index (χ0n) is 10.8. The Morgan fingerprint density at radius 2 is 2.20 bits per heavy atom. The molecule has 0 aromatic heterocycles. The number of carbonyl (C=O) groups is 2. The molecule has 0 aromatic rings. The Morgan fingerprint density at radius 1 is 1.45 bits per heavy atom. The van der Waals surface area contributed by atoms with Gasteiger partial charge in [-0.15, -0.1) is 0 Å². The van der Waals surface area contributed by atoms with E-state index in [1.54, 1.807) is 4.57 Å². The van der Waals surface area contributed by atoms with Crippen LogP contribution in [0.2, 0.25) is 0 Å². The Hall–Kier alpha value is -2.64. The first-order valence-corrected chi connectivity index (χ1v) is 5.91. The number of ether oxygens (including phenoxy) is 1. The summed E-state index contributed by atoms with van der Waals surface area (Å²) in [6, 6.07) is 0. The number of carboxylic acid groups (broad SMARTS) is 1. The topological polar surface area (TPSA) is 114 Å². The molecule has 0 amide bonds. The lowest BCUT2D eigenvalue weighted by atomic mass is 10.1. The number of aliphatic carboxylic acids is 1. The number of hydrogen-bond donors (Lipinski definition) is 2. The first-order chi connectivity index (χ1) is 9.52. The van der Waals surface area contributed by atoms with Crippen molar-refractivity contribution in [1.29, 1.82) is 0 Å². The minimum Gasteiger partial charge on any atom is -0.481 e. The lowest BCUT2D eigenvalue weighted by Crippen LogP contribution is -2.12.